The smallest absolute Gasteiger partial charge is 0.321 e. The largest absolute Gasteiger partial charge is 0.365 e. The number of benzene rings is 1. The molecule has 1 aliphatic heterocycles. The molecule has 8 nitrogen and oxygen atoms in total. The van der Waals surface area contributed by atoms with E-state index in [4.69, 9.17) is 4.52 Å². The van der Waals surface area contributed by atoms with Crippen molar-refractivity contribution in [3.63, 3.8) is 0 Å². The molecule has 1 aromatic carbocycles. The number of sulfonamides is 1. The Kier molecular flexibility index (Phi) is 5.05. The number of amides is 2. The molecule has 1 aliphatic rings. The Hall–Kier alpha value is -2.39. The summed E-state index contributed by atoms with van der Waals surface area (Å²) in [5.41, 5.74) is 1.37. The second-order valence-corrected chi connectivity index (χ2v) is 7.74. The van der Waals surface area contributed by atoms with Gasteiger partial charge in [-0.1, -0.05) is 11.2 Å². The summed E-state index contributed by atoms with van der Waals surface area (Å²) in [7, 11) is -2.20. The van der Waals surface area contributed by atoms with E-state index < -0.39 is 10.0 Å². The molecule has 1 saturated heterocycles. The van der Waals surface area contributed by atoms with Gasteiger partial charge < -0.3 is 14.7 Å². The molecule has 1 aromatic heterocycles. The quantitative estimate of drug-likeness (QED) is 0.863. The third-order valence-electron chi connectivity index (χ3n) is 4.32. The lowest BCUT2D eigenvalue weighted by Gasteiger charge is -2.31. The molecule has 2 aromatic rings. The number of urea groups is 1. The van der Waals surface area contributed by atoms with Crippen molar-refractivity contribution in [2.45, 2.75) is 23.7 Å². The zero-order chi connectivity index (χ0) is 17.9. The average molecular weight is 364 g/mol. The summed E-state index contributed by atoms with van der Waals surface area (Å²) in [6, 6.07) is 7.79. The van der Waals surface area contributed by atoms with Crippen LogP contribution in [0.2, 0.25) is 0 Å². The van der Waals surface area contributed by atoms with Gasteiger partial charge in [-0.25, -0.2) is 17.9 Å². The highest BCUT2D eigenvalue weighted by Crippen LogP contribution is 2.27. The van der Waals surface area contributed by atoms with Gasteiger partial charge in [0.2, 0.25) is 10.0 Å². The monoisotopic (exact) mass is 364 g/mol. The Labute approximate surface area is 146 Å². The zero-order valence-electron chi connectivity index (χ0n) is 13.8. The number of hydrogen-bond acceptors (Lipinski definition) is 5. The minimum atomic E-state index is -3.54. The number of piperidine rings is 1. The molecule has 1 fully saturated rings. The first-order chi connectivity index (χ1) is 12.0. The number of nitrogens with one attached hydrogen (secondary N) is 2. The van der Waals surface area contributed by atoms with Gasteiger partial charge in [0, 0.05) is 30.8 Å². The summed E-state index contributed by atoms with van der Waals surface area (Å²) < 4.78 is 30.8. The predicted octanol–water partition coefficient (Wildman–Crippen LogP) is 1.99. The highest BCUT2D eigenvalue weighted by atomic mass is 32.2. The number of nitrogens with zero attached hydrogens (tertiary/aromatic N) is 2. The fourth-order valence-corrected chi connectivity index (χ4v) is 3.65. The molecule has 2 amide bonds. The second-order valence-electron chi connectivity index (χ2n) is 5.85. The van der Waals surface area contributed by atoms with E-state index in [0.717, 1.165) is 18.5 Å². The van der Waals surface area contributed by atoms with E-state index in [1.807, 2.05) is 6.07 Å². The van der Waals surface area contributed by atoms with Gasteiger partial charge >= 0.3 is 6.03 Å². The first-order valence-corrected chi connectivity index (χ1v) is 9.48. The molecule has 2 N–H and O–H groups in total. The summed E-state index contributed by atoms with van der Waals surface area (Å²) in [5.74, 6) is 0.298. The number of hydrogen-bond donors (Lipinski definition) is 2. The van der Waals surface area contributed by atoms with E-state index in [1.54, 1.807) is 23.3 Å². The number of rotatable bonds is 4. The number of aromatic nitrogens is 1. The Morgan fingerprint density at radius 1 is 1.28 bits per heavy atom. The van der Waals surface area contributed by atoms with Crippen LogP contribution in [0, 0.1) is 0 Å². The summed E-state index contributed by atoms with van der Waals surface area (Å²) in [5, 5.41) is 6.72. The van der Waals surface area contributed by atoms with E-state index in [0.29, 0.717) is 24.7 Å². The standard InChI is InChI=1S/C16H20N4O4S/c1-17-25(22,23)14-4-2-3-13(11-14)18-16(21)20-8-5-12(6-9-20)15-7-10-24-19-15/h2-4,7,10-12,17H,5-6,8-9H2,1H3,(H,18,21). The summed E-state index contributed by atoms with van der Waals surface area (Å²) in [4.78, 5) is 14.2. The van der Waals surface area contributed by atoms with Gasteiger partial charge in [-0.2, -0.15) is 0 Å². The minimum Gasteiger partial charge on any atom is -0.365 e. The fourth-order valence-electron chi connectivity index (χ4n) is 2.87. The Morgan fingerprint density at radius 3 is 2.68 bits per heavy atom. The molecule has 3 rings (SSSR count). The van der Waals surface area contributed by atoms with Crippen LogP contribution in [0.3, 0.4) is 0 Å². The molecule has 0 radical (unpaired) electrons. The van der Waals surface area contributed by atoms with Crippen molar-refractivity contribution in [1.82, 2.24) is 14.8 Å². The second kappa shape index (κ2) is 7.24. The highest BCUT2D eigenvalue weighted by Gasteiger charge is 2.25. The van der Waals surface area contributed by atoms with Crippen molar-refractivity contribution in [3.8, 4) is 0 Å². The maximum absolute atomic E-state index is 12.4. The van der Waals surface area contributed by atoms with Crippen molar-refractivity contribution >= 4 is 21.7 Å². The first kappa shape index (κ1) is 17.4. The van der Waals surface area contributed by atoms with Crippen LogP contribution in [0.25, 0.3) is 0 Å². The zero-order valence-corrected chi connectivity index (χ0v) is 14.6. The van der Waals surface area contributed by atoms with Gasteiger partial charge in [-0.05, 0) is 38.1 Å². The van der Waals surface area contributed by atoms with Crippen LogP contribution < -0.4 is 10.0 Å². The van der Waals surface area contributed by atoms with Crippen LogP contribution in [0.15, 0.2) is 46.0 Å². The molecular weight excluding hydrogens is 344 g/mol. The van der Waals surface area contributed by atoms with E-state index >= 15 is 0 Å². The molecule has 2 heterocycles. The van der Waals surface area contributed by atoms with Gasteiger partial charge in [-0.15, -0.1) is 0 Å². The topological polar surface area (TPSA) is 105 Å². The van der Waals surface area contributed by atoms with Gasteiger partial charge in [0.05, 0.1) is 10.6 Å². The molecule has 134 valence electrons. The molecule has 0 spiro atoms. The van der Waals surface area contributed by atoms with Crippen LogP contribution in [0.1, 0.15) is 24.5 Å². The van der Waals surface area contributed by atoms with E-state index in [9.17, 15) is 13.2 Å². The molecular formula is C16H20N4O4S. The average Bonchev–Trinajstić information content (AvgIpc) is 3.17. The molecule has 0 saturated carbocycles. The molecule has 0 bridgehead atoms. The van der Waals surface area contributed by atoms with Crippen molar-refractivity contribution in [1.29, 1.82) is 0 Å². The van der Waals surface area contributed by atoms with Crippen LogP contribution >= 0.6 is 0 Å². The summed E-state index contributed by atoms with van der Waals surface area (Å²) in [6.45, 7) is 1.22. The SMILES string of the molecule is CNS(=O)(=O)c1cccc(NC(=O)N2CCC(c3ccon3)CC2)c1. The third-order valence-corrected chi connectivity index (χ3v) is 5.73. The number of likely N-dealkylation sites (tertiary alicyclic amines) is 1. The fraction of sp³-hybridized carbons (Fsp3) is 0.375. The van der Waals surface area contributed by atoms with Crippen molar-refractivity contribution < 1.29 is 17.7 Å². The van der Waals surface area contributed by atoms with Crippen LogP contribution in [0.4, 0.5) is 10.5 Å². The molecule has 0 unspecified atom stereocenters. The number of carbonyl (C=O) groups excluding carboxylic acids is 1. The Morgan fingerprint density at radius 2 is 2.04 bits per heavy atom. The lowest BCUT2D eigenvalue weighted by atomic mass is 9.94. The Balaban J connectivity index is 1.61. The maximum atomic E-state index is 12.4. The predicted molar refractivity (Wildman–Crippen MR) is 91.8 cm³/mol. The molecule has 0 aliphatic carbocycles. The minimum absolute atomic E-state index is 0.109. The van der Waals surface area contributed by atoms with Gasteiger partial charge in [-0.3, -0.25) is 0 Å². The molecule has 25 heavy (non-hydrogen) atoms. The number of anilines is 1. The summed E-state index contributed by atoms with van der Waals surface area (Å²) in [6.07, 6.45) is 3.18. The van der Waals surface area contributed by atoms with Gasteiger partial charge in [0.1, 0.15) is 6.26 Å². The van der Waals surface area contributed by atoms with Crippen molar-refractivity contribution in [2.75, 3.05) is 25.5 Å². The van der Waals surface area contributed by atoms with Crippen molar-refractivity contribution in [2.24, 2.45) is 0 Å². The normalized spacial score (nSPS) is 16.0. The molecule has 0 atom stereocenters. The Bertz CT molecular complexity index is 828. The maximum Gasteiger partial charge on any atom is 0.321 e. The van der Waals surface area contributed by atoms with Crippen LogP contribution in [0.5, 0.6) is 0 Å². The van der Waals surface area contributed by atoms with E-state index in [2.05, 4.69) is 15.2 Å². The van der Waals surface area contributed by atoms with Crippen molar-refractivity contribution in [3.05, 3.63) is 42.3 Å². The van der Waals surface area contributed by atoms with Crippen LogP contribution in [-0.4, -0.2) is 44.6 Å². The first-order valence-electron chi connectivity index (χ1n) is 7.99. The van der Waals surface area contributed by atoms with Gasteiger partial charge in [0.15, 0.2) is 0 Å². The highest BCUT2D eigenvalue weighted by molar-refractivity contribution is 7.89. The summed E-state index contributed by atoms with van der Waals surface area (Å²) >= 11 is 0. The van der Waals surface area contributed by atoms with Crippen LogP contribution in [-0.2, 0) is 10.0 Å². The lowest BCUT2D eigenvalue weighted by Crippen LogP contribution is -2.40. The molecule has 9 heteroatoms. The van der Waals surface area contributed by atoms with E-state index in [1.165, 1.54) is 19.2 Å². The number of carbonyl (C=O) groups is 1. The van der Waals surface area contributed by atoms with Gasteiger partial charge in [0.25, 0.3) is 0 Å². The third kappa shape index (κ3) is 3.99. The van der Waals surface area contributed by atoms with E-state index in [-0.39, 0.29) is 10.9 Å². The lowest BCUT2D eigenvalue weighted by molar-refractivity contribution is 0.193.